The molecule has 0 spiro atoms. The minimum atomic E-state index is -0.828. The van der Waals surface area contributed by atoms with Crippen molar-refractivity contribution in [3.63, 3.8) is 0 Å². The van der Waals surface area contributed by atoms with Crippen LogP contribution in [-0.2, 0) is 9.59 Å². The zero-order valence-electron chi connectivity index (χ0n) is 11.3. The second kappa shape index (κ2) is 6.39. The molecule has 1 fully saturated rings. The maximum absolute atomic E-state index is 12.0. The second-order valence-corrected chi connectivity index (χ2v) is 6.36. The van der Waals surface area contributed by atoms with Gasteiger partial charge in [-0.2, -0.15) is 0 Å². The molecule has 108 valence electrons. The lowest BCUT2D eigenvalue weighted by Crippen LogP contribution is -2.30. The number of hydrogen-bond donors (Lipinski definition) is 2. The highest BCUT2D eigenvalue weighted by Gasteiger charge is 2.43. The van der Waals surface area contributed by atoms with Crippen molar-refractivity contribution < 1.29 is 14.7 Å². The Kier molecular flexibility index (Phi) is 4.81. The number of benzene rings is 1. The van der Waals surface area contributed by atoms with Crippen LogP contribution in [-0.4, -0.2) is 23.5 Å². The summed E-state index contributed by atoms with van der Waals surface area (Å²) < 4.78 is 1.03. The Hall–Kier alpha value is -1.36. The summed E-state index contributed by atoms with van der Waals surface area (Å²) in [5.41, 5.74) is 1.19. The lowest BCUT2D eigenvalue weighted by Gasteiger charge is -2.10. The van der Waals surface area contributed by atoms with E-state index < -0.39 is 5.97 Å². The molecule has 2 rings (SSSR count). The molecule has 1 aromatic carbocycles. The average molecular weight is 340 g/mol. The highest BCUT2D eigenvalue weighted by atomic mass is 79.9. The van der Waals surface area contributed by atoms with Crippen LogP contribution in [0, 0.1) is 11.8 Å². The molecular weight excluding hydrogens is 322 g/mol. The molecular formula is C15H18BrNO3. The standard InChI is InChI=1S/C15H18BrNO3/c1-9(6-14(18)19)8-17-15(20)13-7-12(13)10-2-4-11(16)5-3-10/h2-5,9,12-13H,6-8H2,1H3,(H,17,20)(H,18,19). The first-order chi connectivity index (χ1) is 9.47. The van der Waals surface area contributed by atoms with E-state index >= 15 is 0 Å². The largest absolute Gasteiger partial charge is 0.481 e. The van der Waals surface area contributed by atoms with Gasteiger partial charge in [0.25, 0.3) is 0 Å². The quantitative estimate of drug-likeness (QED) is 0.837. The number of halogens is 1. The third-order valence-corrected chi connectivity index (χ3v) is 4.10. The highest BCUT2D eigenvalue weighted by molar-refractivity contribution is 9.10. The van der Waals surface area contributed by atoms with E-state index in [1.54, 1.807) is 0 Å². The van der Waals surface area contributed by atoms with Crippen molar-refractivity contribution in [2.75, 3.05) is 6.54 Å². The van der Waals surface area contributed by atoms with Crippen LogP contribution in [0.1, 0.15) is 31.2 Å². The maximum Gasteiger partial charge on any atom is 0.303 e. The van der Waals surface area contributed by atoms with Crippen LogP contribution in [0.4, 0.5) is 0 Å². The maximum atomic E-state index is 12.0. The van der Waals surface area contributed by atoms with E-state index in [0.717, 1.165) is 10.9 Å². The molecule has 5 heteroatoms. The molecule has 1 amide bonds. The molecule has 2 N–H and O–H groups in total. The van der Waals surface area contributed by atoms with Crippen LogP contribution in [0.5, 0.6) is 0 Å². The molecule has 1 aromatic rings. The lowest BCUT2D eigenvalue weighted by atomic mass is 10.1. The van der Waals surface area contributed by atoms with Crippen molar-refractivity contribution in [3.8, 4) is 0 Å². The molecule has 0 bridgehead atoms. The molecule has 4 nitrogen and oxygen atoms in total. The Morgan fingerprint density at radius 3 is 2.65 bits per heavy atom. The van der Waals surface area contributed by atoms with Crippen LogP contribution >= 0.6 is 15.9 Å². The normalized spacial score (nSPS) is 22.1. The van der Waals surface area contributed by atoms with Gasteiger partial charge in [-0.15, -0.1) is 0 Å². The third kappa shape index (κ3) is 4.07. The predicted molar refractivity (Wildman–Crippen MR) is 79.4 cm³/mol. The van der Waals surface area contributed by atoms with E-state index in [-0.39, 0.29) is 24.2 Å². The van der Waals surface area contributed by atoms with Gasteiger partial charge in [-0.05, 0) is 36.0 Å². The summed E-state index contributed by atoms with van der Waals surface area (Å²) in [6.07, 6.45) is 0.960. The number of amides is 1. The van der Waals surface area contributed by atoms with E-state index in [1.165, 1.54) is 5.56 Å². The summed E-state index contributed by atoms with van der Waals surface area (Å²) in [6.45, 7) is 2.25. The van der Waals surface area contributed by atoms with Gasteiger partial charge >= 0.3 is 5.97 Å². The van der Waals surface area contributed by atoms with Crippen LogP contribution < -0.4 is 5.32 Å². The molecule has 3 unspecified atom stereocenters. The summed E-state index contributed by atoms with van der Waals surface area (Å²) in [7, 11) is 0. The highest BCUT2D eigenvalue weighted by Crippen LogP contribution is 2.47. The van der Waals surface area contributed by atoms with Crippen molar-refractivity contribution in [1.29, 1.82) is 0 Å². The number of carbonyl (C=O) groups is 2. The van der Waals surface area contributed by atoms with E-state index in [0.29, 0.717) is 12.5 Å². The van der Waals surface area contributed by atoms with Gasteiger partial charge in [0.1, 0.15) is 0 Å². The number of rotatable bonds is 6. The first kappa shape index (κ1) is 15.0. The molecule has 20 heavy (non-hydrogen) atoms. The summed E-state index contributed by atoms with van der Waals surface area (Å²) in [5, 5.41) is 11.5. The molecule has 1 aliphatic rings. The van der Waals surface area contributed by atoms with Gasteiger partial charge in [0.05, 0.1) is 0 Å². The zero-order chi connectivity index (χ0) is 14.7. The van der Waals surface area contributed by atoms with Gasteiger partial charge in [0.15, 0.2) is 0 Å². The second-order valence-electron chi connectivity index (χ2n) is 5.45. The predicted octanol–water partition coefficient (Wildman–Crippen LogP) is 2.78. The Labute approximate surface area is 126 Å². The zero-order valence-corrected chi connectivity index (χ0v) is 12.9. The molecule has 0 aromatic heterocycles. The van der Waals surface area contributed by atoms with Gasteiger partial charge in [0.2, 0.25) is 5.91 Å². The molecule has 3 atom stereocenters. The molecule has 0 radical (unpaired) electrons. The molecule has 1 aliphatic carbocycles. The Morgan fingerprint density at radius 1 is 1.40 bits per heavy atom. The van der Waals surface area contributed by atoms with Crippen molar-refractivity contribution in [2.45, 2.75) is 25.7 Å². The number of hydrogen-bond acceptors (Lipinski definition) is 2. The Morgan fingerprint density at radius 2 is 2.05 bits per heavy atom. The van der Waals surface area contributed by atoms with E-state index in [1.807, 2.05) is 31.2 Å². The minimum absolute atomic E-state index is 0.0354. The van der Waals surface area contributed by atoms with Gasteiger partial charge in [0, 0.05) is 23.4 Å². The van der Waals surface area contributed by atoms with Crippen LogP contribution in [0.15, 0.2) is 28.7 Å². The van der Waals surface area contributed by atoms with Crippen molar-refractivity contribution in [1.82, 2.24) is 5.32 Å². The summed E-state index contributed by atoms with van der Waals surface area (Å²) in [4.78, 5) is 22.5. The number of carboxylic acid groups (broad SMARTS) is 1. The molecule has 0 saturated heterocycles. The number of aliphatic carboxylic acids is 1. The van der Waals surface area contributed by atoms with E-state index in [9.17, 15) is 9.59 Å². The minimum Gasteiger partial charge on any atom is -0.481 e. The fraction of sp³-hybridized carbons (Fsp3) is 0.467. The fourth-order valence-electron chi connectivity index (χ4n) is 2.34. The molecule has 1 saturated carbocycles. The first-order valence-electron chi connectivity index (χ1n) is 6.72. The van der Waals surface area contributed by atoms with Crippen LogP contribution in [0.3, 0.4) is 0 Å². The van der Waals surface area contributed by atoms with Crippen molar-refractivity contribution >= 4 is 27.8 Å². The smallest absolute Gasteiger partial charge is 0.303 e. The van der Waals surface area contributed by atoms with Crippen molar-refractivity contribution in [3.05, 3.63) is 34.3 Å². The van der Waals surface area contributed by atoms with Crippen molar-refractivity contribution in [2.24, 2.45) is 11.8 Å². The fourth-order valence-corrected chi connectivity index (χ4v) is 2.60. The number of carboxylic acids is 1. The van der Waals surface area contributed by atoms with Gasteiger partial charge in [-0.3, -0.25) is 9.59 Å². The van der Waals surface area contributed by atoms with Gasteiger partial charge < -0.3 is 10.4 Å². The van der Waals surface area contributed by atoms with Gasteiger partial charge in [-0.25, -0.2) is 0 Å². The summed E-state index contributed by atoms with van der Waals surface area (Å²) >= 11 is 3.39. The monoisotopic (exact) mass is 339 g/mol. The summed E-state index contributed by atoms with van der Waals surface area (Å²) in [6, 6.07) is 8.04. The third-order valence-electron chi connectivity index (χ3n) is 3.57. The number of carbonyl (C=O) groups excluding carboxylic acids is 1. The van der Waals surface area contributed by atoms with E-state index in [4.69, 9.17) is 5.11 Å². The Bertz CT molecular complexity index is 500. The SMILES string of the molecule is CC(CNC(=O)C1CC1c1ccc(Br)cc1)CC(=O)O. The van der Waals surface area contributed by atoms with E-state index in [2.05, 4.69) is 21.2 Å². The molecule has 0 aliphatic heterocycles. The molecule has 0 heterocycles. The first-order valence-corrected chi connectivity index (χ1v) is 7.51. The lowest BCUT2D eigenvalue weighted by molar-refractivity contribution is -0.138. The average Bonchev–Trinajstić information content (AvgIpc) is 3.16. The summed E-state index contributed by atoms with van der Waals surface area (Å²) in [5.74, 6) is -0.492. The topological polar surface area (TPSA) is 66.4 Å². The Balaban J connectivity index is 1.78. The number of nitrogens with one attached hydrogen (secondary N) is 1. The van der Waals surface area contributed by atoms with Crippen LogP contribution in [0.25, 0.3) is 0 Å². The van der Waals surface area contributed by atoms with Crippen LogP contribution in [0.2, 0.25) is 0 Å². The van der Waals surface area contributed by atoms with Gasteiger partial charge in [-0.1, -0.05) is 35.0 Å².